The number of hydrogen-bond donors (Lipinski definition) is 0. The Bertz CT molecular complexity index is 384. The van der Waals surface area contributed by atoms with Crippen LogP contribution in [0.3, 0.4) is 0 Å². The largest absolute Gasteiger partial charge is 0.249 e. The predicted molar refractivity (Wildman–Crippen MR) is 79.3 cm³/mol. The van der Waals surface area contributed by atoms with Crippen molar-refractivity contribution in [2.45, 2.75) is 0 Å². The van der Waals surface area contributed by atoms with Gasteiger partial charge in [-0.25, -0.2) is 9.97 Å². The molecule has 0 aliphatic heterocycles. The maximum absolute atomic E-state index is 3.93. The topological polar surface area (TPSA) is 25.8 Å². The zero-order chi connectivity index (χ0) is 12.0. The van der Waals surface area contributed by atoms with E-state index in [4.69, 9.17) is 0 Å². The number of nitrogens with zero attached hydrogens (tertiary/aromatic N) is 2. The molecule has 2 aromatic rings. The summed E-state index contributed by atoms with van der Waals surface area (Å²) >= 11 is 13.0. The maximum atomic E-state index is 3.93. The summed E-state index contributed by atoms with van der Waals surface area (Å²) in [5.74, 6) is 0. The lowest BCUT2D eigenvalue weighted by Crippen LogP contribution is -1.70. The molecule has 0 atom stereocenters. The Morgan fingerprint density at radius 2 is 1.06 bits per heavy atom. The molecule has 2 rings (SSSR count). The van der Waals surface area contributed by atoms with E-state index in [0.29, 0.717) is 0 Å². The molecule has 0 aliphatic carbocycles. The summed E-state index contributed by atoms with van der Waals surface area (Å²) in [5.41, 5.74) is 0. The first kappa shape index (κ1) is 14.3. The fourth-order valence-electron chi connectivity index (χ4n) is 0.758. The van der Waals surface area contributed by atoms with E-state index in [2.05, 4.69) is 73.7 Å². The van der Waals surface area contributed by atoms with E-state index in [9.17, 15) is 0 Å². The van der Waals surface area contributed by atoms with Crippen LogP contribution in [0.15, 0.2) is 54.8 Å². The summed E-state index contributed by atoms with van der Waals surface area (Å²) in [6, 6.07) is 7.54. The van der Waals surface area contributed by atoms with Crippen LogP contribution in [0.25, 0.3) is 0 Å². The zero-order valence-electron chi connectivity index (χ0n) is 7.87. The highest BCUT2D eigenvalue weighted by Crippen LogP contribution is 2.13. The van der Waals surface area contributed by atoms with Crippen molar-refractivity contribution in [2.24, 2.45) is 0 Å². The minimum atomic E-state index is 0.854. The average Bonchev–Trinajstić information content (AvgIpc) is 2.17. The molecule has 0 fully saturated rings. The average molecular weight is 474 g/mol. The van der Waals surface area contributed by atoms with E-state index in [0.717, 1.165) is 18.2 Å². The zero-order valence-corrected chi connectivity index (χ0v) is 14.2. The third-order valence-corrected chi connectivity index (χ3v) is 3.23. The van der Waals surface area contributed by atoms with E-state index in [1.54, 1.807) is 12.4 Å². The van der Waals surface area contributed by atoms with Crippen LogP contribution in [0.1, 0.15) is 0 Å². The second-order valence-corrected chi connectivity index (χ2v) is 6.05. The number of pyridine rings is 2. The highest BCUT2D eigenvalue weighted by Gasteiger charge is 1.86. The second-order valence-electron chi connectivity index (χ2n) is 2.59. The minimum Gasteiger partial charge on any atom is -0.249 e. The highest BCUT2D eigenvalue weighted by molar-refractivity contribution is 9.11. The van der Waals surface area contributed by atoms with Crippen molar-refractivity contribution in [3.63, 3.8) is 0 Å². The van der Waals surface area contributed by atoms with Crippen LogP contribution in [0.2, 0.25) is 0 Å². The molecule has 0 aromatic carbocycles. The summed E-state index contributed by atoms with van der Waals surface area (Å²) in [4.78, 5) is 7.85. The van der Waals surface area contributed by atoms with Gasteiger partial charge < -0.3 is 0 Å². The number of rotatable bonds is 0. The molecule has 16 heavy (non-hydrogen) atoms. The molecule has 0 bridgehead atoms. The molecule has 0 radical (unpaired) electrons. The van der Waals surface area contributed by atoms with Crippen LogP contribution in [-0.4, -0.2) is 9.97 Å². The van der Waals surface area contributed by atoms with Crippen molar-refractivity contribution in [1.82, 2.24) is 9.97 Å². The Kier molecular flexibility index (Phi) is 6.72. The number of halogens is 4. The molecule has 6 heteroatoms. The third-order valence-electron chi connectivity index (χ3n) is 1.38. The van der Waals surface area contributed by atoms with Gasteiger partial charge in [0.05, 0.1) is 0 Å². The molecule has 0 N–H and O–H groups in total. The lowest BCUT2D eigenvalue weighted by molar-refractivity contribution is 1.27. The Morgan fingerprint density at radius 1 is 0.688 bits per heavy atom. The first-order chi connectivity index (χ1) is 7.58. The van der Waals surface area contributed by atoms with Crippen LogP contribution < -0.4 is 0 Å². The normalized spacial score (nSPS) is 9.25. The minimum absolute atomic E-state index is 0.854. The number of aromatic nitrogens is 2. The molecule has 84 valence electrons. The van der Waals surface area contributed by atoms with Gasteiger partial charge in [-0.1, -0.05) is 31.9 Å². The fourth-order valence-corrected chi connectivity index (χ4v) is 2.77. The molecule has 0 unspecified atom stereocenters. The SMILES string of the molecule is Brc1ccnc(Br)c1.Brc1ccnc(Br)c1. The smallest absolute Gasteiger partial charge is 0.107 e. The summed E-state index contributed by atoms with van der Waals surface area (Å²) in [6.07, 6.45) is 3.46. The first-order valence-corrected chi connectivity index (χ1v) is 7.29. The van der Waals surface area contributed by atoms with Gasteiger partial charge in [-0.2, -0.15) is 0 Å². The van der Waals surface area contributed by atoms with Crippen LogP contribution in [0.4, 0.5) is 0 Å². The Hall–Kier alpha value is 0.220. The molecule has 0 spiro atoms. The van der Waals surface area contributed by atoms with Gasteiger partial charge in [0.1, 0.15) is 9.21 Å². The van der Waals surface area contributed by atoms with E-state index in [-0.39, 0.29) is 0 Å². The van der Waals surface area contributed by atoms with Crippen LogP contribution in [-0.2, 0) is 0 Å². The molecule has 2 aromatic heterocycles. The van der Waals surface area contributed by atoms with Crippen LogP contribution in [0, 0.1) is 0 Å². The maximum Gasteiger partial charge on any atom is 0.107 e. The standard InChI is InChI=1S/2C5H3Br2N/c2*6-4-1-2-8-5(7)3-4/h2*1-3H. The summed E-state index contributed by atoms with van der Waals surface area (Å²) in [5, 5.41) is 0. The Labute approximate surface area is 127 Å². The van der Waals surface area contributed by atoms with Crippen molar-refractivity contribution in [3.8, 4) is 0 Å². The summed E-state index contributed by atoms with van der Waals surface area (Å²) in [6.45, 7) is 0. The van der Waals surface area contributed by atoms with Crippen LogP contribution >= 0.6 is 63.7 Å². The highest BCUT2D eigenvalue weighted by atomic mass is 79.9. The van der Waals surface area contributed by atoms with Gasteiger partial charge in [-0.15, -0.1) is 0 Å². The van der Waals surface area contributed by atoms with Gasteiger partial charge in [0, 0.05) is 21.3 Å². The van der Waals surface area contributed by atoms with E-state index in [1.165, 1.54) is 0 Å². The van der Waals surface area contributed by atoms with Crippen molar-refractivity contribution < 1.29 is 0 Å². The summed E-state index contributed by atoms with van der Waals surface area (Å²) in [7, 11) is 0. The van der Waals surface area contributed by atoms with Crippen molar-refractivity contribution in [2.75, 3.05) is 0 Å². The third kappa shape index (κ3) is 6.08. The second kappa shape index (κ2) is 7.53. The molecule has 2 nitrogen and oxygen atoms in total. The summed E-state index contributed by atoms with van der Waals surface area (Å²) < 4.78 is 3.79. The van der Waals surface area contributed by atoms with Gasteiger partial charge in [0.25, 0.3) is 0 Å². The van der Waals surface area contributed by atoms with Gasteiger partial charge >= 0.3 is 0 Å². The quantitative estimate of drug-likeness (QED) is 0.491. The van der Waals surface area contributed by atoms with Gasteiger partial charge in [-0.3, -0.25) is 0 Å². The van der Waals surface area contributed by atoms with Gasteiger partial charge in [0.15, 0.2) is 0 Å². The van der Waals surface area contributed by atoms with E-state index in [1.807, 2.05) is 24.3 Å². The van der Waals surface area contributed by atoms with Crippen molar-refractivity contribution in [3.05, 3.63) is 54.8 Å². The first-order valence-electron chi connectivity index (χ1n) is 4.12. The predicted octanol–water partition coefficient (Wildman–Crippen LogP) is 5.21. The Balaban J connectivity index is 0.000000160. The lowest BCUT2D eigenvalue weighted by atomic mass is 10.5. The van der Waals surface area contributed by atoms with Crippen molar-refractivity contribution >= 4 is 63.7 Å². The molecule has 2 heterocycles. The molecule has 0 saturated heterocycles. The Morgan fingerprint density at radius 3 is 1.25 bits per heavy atom. The van der Waals surface area contributed by atoms with E-state index < -0.39 is 0 Å². The molecule has 0 amide bonds. The molecule has 0 aliphatic rings. The fraction of sp³-hybridized carbons (Fsp3) is 0. The number of hydrogen-bond acceptors (Lipinski definition) is 2. The van der Waals surface area contributed by atoms with Gasteiger partial charge in [-0.05, 0) is 56.1 Å². The molecular weight excluding hydrogens is 468 g/mol. The molecule has 0 saturated carbocycles. The monoisotopic (exact) mass is 470 g/mol. The lowest BCUT2D eigenvalue weighted by Gasteiger charge is -1.86. The van der Waals surface area contributed by atoms with Crippen molar-refractivity contribution in [1.29, 1.82) is 0 Å². The van der Waals surface area contributed by atoms with E-state index >= 15 is 0 Å². The van der Waals surface area contributed by atoms with Gasteiger partial charge in [0.2, 0.25) is 0 Å². The molecular formula is C10H6Br4N2. The van der Waals surface area contributed by atoms with Crippen LogP contribution in [0.5, 0.6) is 0 Å².